The monoisotopic (exact) mass is 246 g/mol. The highest BCUT2D eigenvalue weighted by molar-refractivity contribution is 5.82. The summed E-state index contributed by atoms with van der Waals surface area (Å²) in [6.07, 6.45) is 3.38. The van der Waals surface area contributed by atoms with Gasteiger partial charge in [-0.15, -0.1) is 0 Å². The molecule has 0 aliphatic heterocycles. The molecule has 0 aliphatic rings. The molecule has 3 aromatic rings. The maximum Gasteiger partial charge on any atom is 0.148 e. The van der Waals surface area contributed by atoms with Crippen molar-refractivity contribution in [1.29, 1.82) is 5.26 Å². The van der Waals surface area contributed by atoms with Gasteiger partial charge < -0.3 is 5.32 Å². The number of fused-ring (bicyclic) bond motifs is 1. The highest BCUT2D eigenvalue weighted by Crippen LogP contribution is 2.20. The second-order valence-electron chi connectivity index (χ2n) is 4.05. The lowest BCUT2D eigenvalue weighted by atomic mass is 10.2. The standard InChI is InChI=1S/C15H10N4/c16-9-12-5-3-7-17-15(12)19-13-8-11-4-1-2-6-14(11)18-10-13/h1-8,10H,(H,17,19). The van der Waals surface area contributed by atoms with Crippen LogP contribution in [0.2, 0.25) is 0 Å². The van der Waals surface area contributed by atoms with Gasteiger partial charge in [0.1, 0.15) is 11.9 Å². The van der Waals surface area contributed by atoms with Crippen molar-refractivity contribution in [1.82, 2.24) is 9.97 Å². The molecule has 1 N–H and O–H groups in total. The van der Waals surface area contributed by atoms with Gasteiger partial charge in [0, 0.05) is 11.6 Å². The van der Waals surface area contributed by atoms with Crippen LogP contribution >= 0.6 is 0 Å². The molecule has 4 heteroatoms. The number of nitrogens with one attached hydrogen (secondary N) is 1. The molecule has 0 unspecified atom stereocenters. The Kier molecular flexibility index (Phi) is 2.79. The lowest BCUT2D eigenvalue weighted by molar-refractivity contribution is 1.28. The van der Waals surface area contributed by atoms with Crippen molar-refractivity contribution in [2.24, 2.45) is 0 Å². The average molecular weight is 246 g/mol. The summed E-state index contributed by atoms with van der Waals surface area (Å²) in [4.78, 5) is 8.52. The Morgan fingerprint density at radius 3 is 2.84 bits per heavy atom. The molecule has 3 rings (SSSR count). The van der Waals surface area contributed by atoms with Crippen molar-refractivity contribution < 1.29 is 0 Å². The minimum atomic E-state index is 0.510. The minimum absolute atomic E-state index is 0.510. The second kappa shape index (κ2) is 4.75. The van der Waals surface area contributed by atoms with Crippen molar-refractivity contribution in [3.05, 3.63) is 60.4 Å². The molecule has 2 aromatic heterocycles. The number of benzene rings is 1. The van der Waals surface area contributed by atoms with Gasteiger partial charge in [0.15, 0.2) is 0 Å². The molecule has 2 heterocycles. The molecule has 4 nitrogen and oxygen atoms in total. The minimum Gasteiger partial charge on any atom is -0.338 e. The summed E-state index contributed by atoms with van der Waals surface area (Å²) in [5, 5.41) is 13.2. The predicted octanol–water partition coefficient (Wildman–Crippen LogP) is 3.25. The van der Waals surface area contributed by atoms with Gasteiger partial charge in [-0.2, -0.15) is 5.26 Å². The topological polar surface area (TPSA) is 61.6 Å². The first-order valence-electron chi connectivity index (χ1n) is 5.84. The summed E-state index contributed by atoms with van der Waals surface area (Å²) in [6.45, 7) is 0. The molecule has 90 valence electrons. The number of hydrogen-bond donors (Lipinski definition) is 1. The molecular formula is C15H10N4. The first-order valence-corrected chi connectivity index (χ1v) is 5.84. The molecule has 0 atom stereocenters. The van der Waals surface area contributed by atoms with E-state index in [9.17, 15) is 0 Å². The van der Waals surface area contributed by atoms with E-state index in [1.165, 1.54) is 0 Å². The molecule has 0 saturated heterocycles. The third-order valence-corrected chi connectivity index (χ3v) is 2.78. The third-order valence-electron chi connectivity index (χ3n) is 2.78. The highest BCUT2D eigenvalue weighted by atomic mass is 15.0. The van der Waals surface area contributed by atoms with Gasteiger partial charge in [-0.3, -0.25) is 4.98 Å². The van der Waals surface area contributed by atoms with Gasteiger partial charge in [-0.25, -0.2) is 4.98 Å². The summed E-state index contributed by atoms with van der Waals surface area (Å²) < 4.78 is 0. The number of para-hydroxylation sites is 1. The van der Waals surface area contributed by atoms with Gasteiger partial charge in [-0.1, -0.05) is 18.2 Å². The van der Waals surface area contributed by atoms with E-state index in [4.69, 9.17) is 5.26 Å². The normalized spacial score (nSPS) is 10.1. The van der Waals surface area contributed by atoms with Crippen LogP contribution < -0.4 is 5.32 Å². The summed E-state index contributed by atoms with van der Waals surface area (Å²) in [5.74, 6) is 0.544. The number of aromatic nitrogens is 2. The highest BCUT2D eigenvalue weighted by Gasteiger charge is 2.03. The van der Waals surface area contributed by atoms with E-state index < -0.39 is 0 Å². The molecule has 0 bridgehead atoms. The fourth-order valence-electron chi connectivity index (χ4n) is 1.87. The molecular weight excluding hydrogens is 236 g/mol. The molecule has 19 heavy (non-hydrogen) atoms. The fourth-order valence-corrected chi connectivity index (χ4v) is 1.87. The summed E-state index contributed by atoms with van der Waals surface area (Å²) in [5.41, 5.74) is 2.26. The molecule has 0 radical (unpaired) electrons. The molecule has 0 aliphatic carbocycles. The Balaban J connectivity index is 1.99. The lowest BCUT2D eigenvalue weighted by Gasteiger charge is -2.07. The Morgan fingerprint density at radius 1 is 1.05 bits per heavy atom. The number of nitriles is 1. The predicted molar refractivity (Wildman–Crippen MR) is 74.0 cm³/mol. The van der Waals surface area contributed by atoms with Crippen LogP contribution in [0.15, 0.2) is 54.9 Å². The zero-order valence-electron chi connectivity index (χ0n) is 10.0. The summed E-state index contributed by atoms with van der Waals surface area (Å²) in [6, 6.07) is 15.4. The SMILES string of the molecule is N#Cc1cccnc1Nc1cnc2ccccc2c1. The van der Waals surface area contributed by atoms with Gasteiger partial charge in [0.2, 0.25) is 0 Å². The summed E-state index contributed by atoms with van der Waals surface area (Å²) in [7, 11) is 0. The van der Waals surface area contributed by atoms with Crippen molar-refractivity contribution in [3.8, 4) is 6.07 Å². The van der Waals surface area contributed by atoms with Crippen molar-refractivity contribution in [2.45, 2.75) is 0 Å². The Morgan fingerprint density at radius 2 is 1.95 bits per heavy atom. The zero-order chi connectivity index (χ0) is 13.1. The second-order valence-corrected chi connectivity index (χ2v) is 4.05. The van der Waals surface area contributed by atoms with E-state index in [-0.39, 0.29) is 0 Å². The van der Waals surface area contributed by atoms with E-state index >= 15 is 0 Å². The smallest absolute Gasteiger partial charge is 0.148 e. The summed E-state index contributed by atoms with van der Waals surface area (Å²) >= 11 is 0. The van der Waals surface area contributed by atoms with Gasteiger partial charge in [-0.05, 0) is 24.3 Å². The van der Waals surface area contributed by atoms with Crippen molar-refractivity contribution in [3.63, 3.8) is 0 Å². The Bertz CT molecular complexity index is 774. The van der Waals surface area contributed by atoms with E-state index in [0.29, 0.717) is 11.4 Å². The maximum absolute atomic E-state index is 9.02. The van der Waals surface area contributed by atoms with E-state index in [0.717, 1.165) is 16.6 Å². The first kappa shape index (κ1) is 11.2. The first-order chi connectivity index (χ1) is 9.36. The van der Waals surface area contributed by atoms with Crippen molar-refractivity contribution >= 4 is 22.4 Å². The largest absolute Gasteiger partial charge is 0.338 e. The van der Waals surface area contributed by atoms with Crippen molar-refractivity contribution in [2.75, 3.05) is 5.32 Å². The number of pyridine rings is 2. The fraction of sp³-hybridized carbons (Fsp3) is 0. The molecule has 0 amide bonds. The van der Waals surface area contributed by atoms with E-state index in [2.05, 4.69) is 21.4 Å². The number of hydrogen-bond acceptors (Lipinski definition) is 4. The average Bonchev–Trinajstić information content (AvgIpc) is 2.48. The molecule has 1 aromatic carbocycles. The molecule has 0 fully saturated rings. The van der Waals surface area contributed by atoms with Gasteiger partial charge >= 0.3 is 0 Å². The zero-order valence-corrected chi connectivity index (χ0v) is 10.0. The molecule has 0 spiro atoms. The van der Waals surface area contributed by atoms with Crippen LogP contribution in [-0.2, 0) is 0 Å². The van der Waals surface area contributed by atoms with Gasteiger partial charge in [0.25, 0.3) is 0 Å². The van der Waals surface area contributed by atoms with E-state index in [1.807, 2.05) is 30.3 Å². The third kappa shape index (κ3) is 2.22. The van der Waals surface area contributed by atoms with Crippen LogP contribution in [0.3, 0.4) is 0 Å². The van der Waals surface area contributed by atoms with Crippen LogP contribution in [0.1, 0.15) is 5.56 Å². The van der Waals surface area contributed by atoms with Crippen LogP contribution in [0.25, 0.3) is 10.9 Å². The number of anilines is 2. The number of rotatable bonds is 2. The Labute approximate surface area is 110 Å². The molecule has 0 saturated carbocycles. The lowest BCUT2D eigenvalue weighted by Crippen LogP contribution is -1.97. The van der Waals surface area contributed by atoms with Crippen LogP contribution in [0.4, 0.5) is 11.5 Å². The quantitative estimate of drug-likeness (QED) is 0.754. The van der Waals surface area contributed by atoms with Gasteiger partial charge in [0.05, 0.1) is 23.0 Å². The van der Waals surface area contributed by atoms with Crippen LogP contribution in [0, 0.1) is 11.3 Å². The van der Waals surface area contributed by atoms with E-state index in [1.54, 1.807) is 24.5 Å². The van der Waals surface area contributed by atoms with Crippen LogP contribution in [-0.4, -0.2) is 9.97 Å². The number of nitrogens with zero attached hydrogens (tertiary/aromatic N) is 3. The Hall–Kier alpha value is -2.93. The maximum atomic E-state index is 9.02. The van der Waals surface area contributed by atoms with Crippen LogP contribution in [0.5, 0.6) is 0 Å².